The predicted octanol–water partition coefficient (Wildman–Crippen LogP) is 2.42. The molecule has 0 bridgehead atoms. The summed E-state index contributed by atoms with van der Waals surface area (Å²) in [4.78, 5) is 12.4. The van der Waals surface area contributed by atoms with Gasteiger partial charge in [-0.1, -0.05) is 11.6 Å². The zero-order chi connectivity index (χ0) is 18.9. The Bertz CT molecular complexity index is 1110. The number of sulfonamides is 1. The van der Waals surface area contributed by atoms with Gasteiger partial charge in [-0.25, -0.2) is 17.9 Å². The lowest BCUT2D eigenvalue weighted by Gasteiger charge is -2.10. The first-order valence-corrected chi connectivity index (χ1v) is 9.12. The van der Waals surface area contributed by atoms with Gasteiger partial charge >= 0.3 is 0 Å². The minimum absolute atomic E-state index is 0.0880. The summed E-state index contributed by atoms with van der Waals surface area (Å²) in [5.74, 6) is -0.391. The molecule has 1 aromatic heterocycles. The number of aromatic nitrogens is 2. The predicted molar refractivity (Wildman–Crippen MR) is 95.9 cm³/mol. The quantitative estimate of drug-likeness (QED) is 0.706. The molecule has 7 nitrogen and oxygen atoms in total. The summed E-state index contributed by atoms with van der Waals surface area (Å²) < 4.78 is 36.5. The van der Waals surface area contributed by atoms with Crippen LogP contribution in [0.25, 0.3) is 5.69 Å². The highest BCUT2D eigenvalue weighted by Gasteiger charge is 2.12. The van der Waals surface area contributed by atoms with Gasteiger partial charge in [-0.2, -0.15) is 9.78 Å². The third-order valence-electron chi connectivity index (χ3n) is 3.45. The molecule has 3 N–H and O–H groups in total. The van der Waals surface area contributed by atoms with Crippen molar-refractivity contribution >= 4 is 33.0 Å². The second-order valence-corrected chi connectivity index (χ2v) is 7.20. The molecule has 0 aliphatic carbocycles. The zero-order valence-electron chi connectivity index (χ0n) is 13.1. The number of nitrogens with two attached hydrogens (primary N) is 1. The van der Waals surface area contributed by atoms with E-state index < -0.39 is 21.4 Å². The lowest BCUT2D eigenvalue weighted by atomic mass is 10.3. The fraction of sp³-hybridized carbons (Fsp3) is 0. The third kappa shape index (κ3) is 3.74. The molecule has 0 unspecified atom stereocenters. The van der Waals surface area contributed by atoms with Crippen LogP contribution in [0.4, 0.5) is 15.8 Å². The van der Waals surface area contributed by atoms with Crippen LogP contribution in [0.2, 0.25) is 5.02 Å². The molecular formula is C16H12ClFN4O3S. The molecule has 10 heteroatoms. The van der Waals surface area contributed by atoms with Crippen molar-refractivity contribution in [3.63, 3.8) is 0 Å². The third-order valence-corrected chi connectivity index (χ3v) is 4.75. The Hall–Kier alpha value is -2.75. The molecule has 26 heavy (non-hydrogen) atoms. The molecule has 3 aromatic rings. The minimum atomic E-state index is -3.84. The molecule has 0 saturated carbocycles. The number of hydrogen-bond donors (Lipinski definition) is 2. The van der Waals surface area contributed by atoms with Crippen LogP contribution in [0.3, 0.4) is 0 Å². The molecule has 0 fully saturated rings. The van der Waals surface area contributed by atoms with Crippen LogP contribution in [-0.4, -0.2) is 18.2 Å². The van der Waals surface area contributed by atoms with E-state index in [1.807, 2.05) is 0 Å². The molecule has 0 aliphatic heterocycles. The summed E-state index contributed by atoms with van der Waals surface area (Å²) in [6, 6.07) is 10.8. The lowest BCUT2D eigenvalue weighted by Crippen LogP contribution is -2.22. The Morgan fingerprint density at radius 1 is 1.08 bits per heavy atom. The molecule has 0 atom stereocenters. The Kier molecular flexibility index (Phi) is 4.77. The maximum Gasteiger partial charge on any atom is 0.292 e. The number of nitrogens with zero attached hydrogens (tertiary/aromatic N) is 2. The molecule has 2 aromatic carbocycles. The number of hydrogen-bond acceptors (Lipinski definition) is 5. The summed E-state index contributed by atoms with van der Waals surface area (Å²) >= 11 is 6.11. The second kappa shape index (κ2) is 6.87. The van der Waals surface area contributed by atoms with Crippen molar-refractivity contribution in [2.24, 2.45) is 5.14 Å². The topological polar surface area (TPSA) is 107 Å². The fourth-order valence-corrected chi connectivity index (χ4v) is 2.86. The van der Waals surface area contributed by atoms with Crippen LogP contribution in [-0.2, 0) is 10.0 Å². The van der Waals surface area contributed by atoms with Crippen LogP contribution in [0.15, 0.2) is 64.4 Å². The van der Waals surface area contributed by atoms with E-state index in [4.69, 9.17) is 16.7 Å². The lowest BCUT2D eigenvalue weighted by molar-refractivity contribution is 0.597. The summed E-state index contributed by atoms with van der Waals surface area (Å²) in [7, 11) is -3.84. The fourth-order valence-electron chi connectivity index (χ4n) is 2.17. The summed E-state index contributed by atoms with van der Waals surface area (Å²) in [5.41, 5.74) is 0.491. The first-order chi connectivity index (χ1) is 12.3. The second-order valence-electron chi connectivity index (χ2n) is 5.26. The van der Waals surface area contributed by atoms with E-state index in [-0.39, 0.29) is 15.6 Å². The number of rotatable bonds is 4. The molecular weight excluding hydrogens is 383 g/mol. The van der Waals surface area contributed by atoms with Gasteiger partial charge in [-0.15, -0.1) is 0 Å². The van der Waals surface area contributed by atoms with E-state index in [9.17, 15) is 17.6 Å². The van der Waals surface area contributed by atoms with E-state index in [2.05, 4.69) is 10.4 Å². The maximum absolute atomic E-state index is 12.9. The maximum atomic E-state index is 12.9. The van der Waals surface area contributed by atoms with E-state index >= 15 is 0 Å². The molecule has 134 valence electrons. The van der Waals surface area contributed by atoms with Gasteiger partial charge in [0.25, 0.3) is 5.56 Å². The number of anilines is 2. The SMILES string of the molecule is NS(=O)(=O)c1ccc(-n2ncc(Nc3ccc(F)cc3)c(Cl)c2=O)cc1. The van der Waals surface area contributed by atoms with Gasteiger partial charge in [-0.3, -0.25) is 4.79 Å². The van der Waals surface area contributed by atoms with Gasteiger partial charge in [0.05, 0.1) is 22.5 Å². The van der Waals surface area contributed by atoms with Gasteiger partial charge in [0.1, 0.15) is 10.8 Å². The van der Waals surface area contributed by atoms with Crippen molar-refractivity contribution in [2.75, 3.05) is 5.32 Å². The van der Waals surface area contributed by atoms with Crippen LogP contribution in [0, 0.1) is 5.82 Å². The van der Waals surface area contributed by atoms with E-state index in [0.29, 0.717) is 11.4 Å². The van der Waals surface area contributed by atoms with Crippen LogP contribution >= 0.6 is 11.6 Å². The highest BCUT2D eigenvalue weighted by Crippen LogP contribution is 2.22. The summed E-state index contributed by atoms with van der Waals surface area (Å²) in [5, 5.41) is 11.8. The average molecular weight is 395 g/mol. The summed E-state index contributed by atoms with van der Waals surface area (Å²) in [6.45, 7) is 0. The van der Waals surface area contributed by atoms with Gasteiger partial charge in [-0.05, 0) is 48.5 Å². The van der Waals surface area contributed by atoms with E-state index in [1.54, 1.807) is 0 Å². The Morgan fingerprint density at radius 3 is 2.27 bits per heavy atom. The number of primary sulfonamides is 1. The normalized spacial score (nSPS) is 11.3. The summed E-state index contributed by atoms with van der Waals surface area (Å²) in [6.07, 6.45) is 1.33. The van der Waals surface area contributed by atoms with Crippen LogP contribution < -0.4 is 16.0 Å². The van der Waals surface area contributed by atoms with E-state index in [1.165, 1.54) is 54.7 Å². The molecule has 0 spiro atoms. The number of benzene rings is 2. The first-order valence-electron chi connectivity index (χ1n) is 7.19. The first kappa shape index (κ1) is 18.1. The van der Waals surface area contributed by atoms with Crippen molar-refractivity contribution in [1.82, 2.24) is 9.78 Å². The highest BCUT2D eigenvalue weighted by molar-refractivity contribution is 7.89. The van der Waals surface area contributed by atoms with E-state index in [0.717, 1.165) is 4.68 Å². The molecule has 0 saturated heterocycles. The van der Waals surface area contributed by atoms with Crippen molar-refractivity contribution in [2.45, 2.75) is 4.90 Å². The Morgan fingerprint density at radius 2 is 1.69 bits per heavy atom. The Labute approximate surface area is 152 Å². The molecule has 0 aliphatic rings. The standard InChI is InChI=1S/C16H12ClFN4O3S/c17-15-14(21-11-3-1-10(18)2-4-11)9-20-22(16(15)23)12-5-7-13(8-6-12)26(19,24)25/h1-9,21H,(H2,19,24,25). The highest BCUT2D eigenvalue weighted by atomic mass is 35.5. The van der Waals surface area contributed by atoms with Crippen molar-refractivity contribution in [1.29, 1.82) is 0 Å². The van der Waals surface area contributed by atoms with Gasteiger partial charge < -0.3 is 5.32 Å². The van der Waals surface area contributed by atoms with Crippen molar-refractivity contribution in [3.05, 3.63) is 75.9 Å². The molecule has 1 heterocycles. The smallest absolute Gasteiger partial charge is 0.292 e. The van der Waals surface area contributed by atoms with Crippen LogP contribution in [0.1, 0.15) is 0 Å². The number of halogens is 2. The monoisotopic (exact) mass is 394 g/mol. The van der Waals surface area contributed by atoms with Gasteiger partial charge in [0.15, 0.2) is 0 Å². The molecule has 0 radical (unpaired) electrons. The number of nitrogens with one attached hydrogen (secondary N) is 1. The van der Waals surface area contributed by atoms with Crippen molar-refractivity contribution < 1.29 is 12.8 Å². The molecule has 0 amide bonds. The largest absolute Gasteiger partial charge is 0.353 e. The Balaban J connectivity index is 1.94. The van der Waals surface area contributed by atoms with Gasteiger partial charge in [0, 0.05) is 5.69 Å². The molecule has 3 rings (SSSR count). The zero-order valence-corrected chi connectivity index (χ0v) is 14.6. The van der Waals surface area contributed by atoms with Gasteiger partial charge in [0.2, 0.25) is 10.0 Å². The minimum Gasteiger partial charge on any atom is -0.353 e. The van der Waals surface area contributed by atoms with Crippen molar-refractivity contribution in [3.8, 4) is 5.69 Å². The van der Waals surface area contributed by atoms with Crippen LogP contribution in [0.5, 0.6) is 0 Å². The average Bonchev–Trinajstić information content (AvgIpc) is 2.60.